The Morgan fingerprint density at radius 1 is 1.14 bits per heavy atom. The fraction of sp³-hybridized carbons (Fsp3) is 0.0625. The number of rotatable bonds is 7. The van der Waals surface area contributed by atoms with E-state index in [0.717, 1.165) is 0 Å². The first kappa shape index (κ1) is 19.2. The van der Waals surface area contributed by atoms with Crippen LogP contribution in [-0.4, -0.2) is 35.3 Å². The maximum absolute atomic E-state index is 12.4. The number of anilines is 3. The van der Waals surface area contributed by atoms with Crippen LogP contribution < -0.4 is 15.8 Å². The molecule has 0 bridgehead atoms. The standard InChI is InChI=1S/C16H14F2N6O3S/c17-16(18)28(26,27)24-10-6-4-9(5-7-10)13-12(14(19)25)15(23-22-13)21-11-3-1-2-8-20-11/h1-8,16,24H,(H2,19,25)(H2,20,21,22,23). The Bertz CT molecular complexity index is 1090. The molecule has 0 radical (unpaired) electrons. The normalized spacial score (nSPS) is 11.4. The van der Waals surface area contributed by atoms with E-state index in [1.54, 1.807) is 29.1 Å². The Hall–Kier alpha value is -3.54. The van der Waals surface area contributed by atoms with Gasteiger partial charge in [0.1, 0.15) is 22.9 Å². The van der Waals surface area contributed by atoms with Crippen LogP contribution in [0, 0.1) is 0 Å². The van der Waals surface area contributed by atoms with Gasteiger partial charge in [0.15, 0.2) is 0 Å². The third-order valence-electron chi connectivity index (χ3n) is 3.58. The number of primary amides is 1. The molecule has 9 nitrogen and oxygen atoms in total. The van der Waals surface area contributed by atoms with Crippen LogP contribution in [0.1, 0.15) is 10.4 Å². The van der Waals surface area contributed by atoms with Gasteiger partial charge in [0.25, 0.3) is 15.9 Å². The highest BCUT2D eigenvalue weighted by atomic mass is 32.2. The van der Waals surface area contributed by atoms with Crippen molar-refractivity contribution in [1.29, 1.82) is 0 Å². The molecule has 1 amide bonds. The largest absolute Gasteiger partial charge is 0.365 e. The Kier molecular flexibility index (Phi) is 5.22. The summed E-state index contributed by atoms with van der Waals surface area (Å²) in [4.78, 5) is 16.0. The number of benzene rings is 1. The first-order valence-electron chi connectivity index (χ1n) is 7.74. The number of hydrogen-bond acceptors (Lipinski definition) is 6. The maximum Gasteiger partial charge on any atom is 0.355 e. The van der Waals surface area contributed by atoms with E-state index in [1.807, 2.05) is 0 Å². The lowest BCUT2D eigenvalue weighted by Gasteiger charge is -2.08. The summed E-state index contributed by atoms with van der Waals surface area (Å²) in [6, 6.07) is 10.5. The molecule has 3 aromatic rings. The van der Waals surface area contributed by atoms with E-state index in [0.29, 0.717) is 11.4 Å². The molecule has 5 N–H and O–H groups in total. The zero-order valence-electron chi connectivity index (χ0n) is 14.1. The van der Waals surface area contributed by atoms with Gasteiger partial charge in [0.05, 0.1) is 0 Å². The van der Waals surface area contributed by atoms with Crippen molar-refractivity contribution in [3.63, 3.8) is 0 Å². The first-order chi connectivity index (χ1) is 13.3. The predicted octanol–water partition coefficient (Wildman–Crippen LogP) is 2.28. The lowest BCUT2D eigenvalue weighted by molar-refractivity contribution is 0.100. The maximum atomic E-state index is 12.4. The number of halogens is 2. The zero-order chi connectivity index (χ0) is 20.3. The Morgan fingerprint density at radius 3 is 2.43 bits per heavy atom. The second-order valence-electron chi connectivity index (χ2n) is 5.51. The van der Waals surface area contributed by atoms with Crippen molar-refractivity contribution in [1.82, 2.24) is 15.2 Å². The van der Waals surface area contributed by atoms with E-state index in [4.69, 9.17) is 5.73 Å². The minimum Gasteiger partial charge on any atom is -0.365 e. The molecule has 0 spiro atoms. The highest BCUT2D eigenvalue weighted by molar-refractivity contribution is 7.93. The molecule has 3 rings (SSSR count). The van der Waals surface area contributed by atoms with Crippen LogP contribution in [0.2, 0.25) is 0 Å². The van der Waals surface area contributed by atoms with Gasteiger partial charge in [-0.25, -0.2) is 13.4 Å². The number of carbonyl (C=O) groups is 1. The van der Waals surface area contributed by atoms with Crippen molar-refractivity contribution in [2.45, 2.75) is 5.76 Å². The van der Waals surface area contributed by atoms with Gasteiger partial charge >= 0.3 is 5.76 Å². The van der Waals surface area contributed by atoms with Gasteiger partial charge < -0.3 is 11.1 Å². The average Bonchev–Trinajstić information content (AvgIpc) is 3.06. The topological polar surface area (TPSA) is 143 Å². The number of aromatic nitrogens is 3. The van der Waals surface area contributed by atoms with Gasteiger partial charge in [-0.2, -0.15) is 13.9 Å². The lowest BCUT2D eigenvalue weighted by Crippen LogP contribution is -2.20. The van der Waals surface area contributed by atoms with Crippen LogP contribution in [0.5, 0.6) is 0 Å². The van der Waals surface area contributed by atoms with Crippen LogP contribution >= 0.6 is 0 Å². The van der Waals surface area contributed by atoms with Gasteiger partial charge in [0.2, 0.25) is 0 Å². The van der Waals surface area contributed by atoms with Gasteiger partial charge in [-0.1, -0.05) is 18.2 Å². The highest BCUT2D eigenvalue weighted by Crippen LogP contribution is 2.29. The Morgan fingerprint density at radius 2 is 1.86 bits per heavy atom. The van der Waals surface area contributed by atoms with Crippen molar-refractivity contribution in [3.05, 3.63) is 54.2 Å². The SMILES string of the molecule is NC(=O)c1c(-c2ccc(NS(=O)(=O)C(F)F)cc2)n[nH]c1Nc1ccccn1. The molecule has 0 aliphatic heterocycles. The number of alkyl halides is 2. The summed E-state index contributed by atoms with van der Waals surface area (Å²) in [6.07, 6.45) is 1.56. The van der Waals surface area contributed by atoms with Gasteiger partial charge in [-0.3, -0.25) is 14.6 Å². The summed E-state index contributed by atoms with van der Waals surface area (Å²) in [7, 11) is -4.78. The minimum absolute atomic E-state index is 0.0616. The molecule has 2 aromatic heterocycles. The number of nitrogens with two attached hydrogens (primary N) is 1. The second-order valence-corrected chi connectivity index (χ2v) is 7.16. The van der Waals surface area contributed by atoms with Crippen molar-refractivity contribution in [2.24, 2.45) is 5.73 Å². The predicted molar refractivity (Wildman–Crippen MR) is 98.6 cm³/mol. The number of sulfonamides is 1. The molecule has 2 heterocycles. The molecule has 0 atom stereocenters. The number of nitrogens with zero attached hydrogens (tertiary/aromatic N) is 2. The molecule has 12 heteroatoms. The Labute approximate surface area is 158 Å². The molecule has 0 unspecified atom stereocenters. The second kappa shape index (κ2) is 7.60. The third kappa shape index (κ3) is 4.06. The number of carbonyl (C=O) groups excluding carboxylic acids is 1. The minimum atomic E-state index is -4.78. The van der Waals surface area contributed by atoms with Crippen LogP contribution in [0.3, 0.4) is 0 Å². The van der Waals surface area contributed by atoms with E-state index in [1.165, 1.54) is 24.3 Å². The van der Waals surface area contributed by atoms with E-state index in [9.17, 15) is 22.0 Å². The summed E-state index contributed by atoms with van der Waals surface area (Å²) in [5.41, 5.74) is 6.08. The van der Waals surface area contributed by atoms with Crippen LogP contribution in [0.25, 0.3) is 11.3 Å². The Balaban J connectivity index is 1.90. The number of nitrogens with one attached hydrogen (secondary N) is 3. The van der Waals surface area contributed by atoms with E-state index in [-0.39, 0.29) is 22.8 Å². The van der Waals surface area contributed by atoms with Crippen molar-refractivity contribution in [3.8, 4) is 11.3 Å². The van der Waals surface area contributed by atoms with E-state index >= 15 is 0 Å². The summed E-state index contributed by atoms with van der Waals surface area (Å²) < 4.78 is 49.1. The molecule has 0 aliphatic carbocycles. The molecule has 0 saturated carbocycles. The fourth-order valence-electron chi connectivity index (χ4n) is 2.35. The molecule has 0 saturated heterocycles. The number of amides is 1. The smallest absolute Gasteiger partial charge is 0.355 e. The summed E-state index contributed by atoms with van der Waals surface area (Å²) in [5, 5.41) is 9.61. The van der Waals surface area contributed by atoms with Crippen molar-refractivity contribution in [2.75, 3.05) is 10.0 Å². The highest BCUT2D eigenvalue weighted by Gasteiger charge is 2.24. The number of hydrogen-bond donors (Lipinski definition) is 4. The van der Waals surface area contributed by atoms with E-state index < -0.39 is 21.7 Å². The first-order valence-corrected chi connectivity index (χ1v) is 9.29. The van der Waals surface area contributed by atoms with Crippen LogP contribution in [0.4, 0.5) is 26.1 Å². The van der Waals surface area contributed by atoms with E-state index in [2.05, 4.69) is 20.5 Å². The number of H-pyrrole nitrogens is 1. The number of aromatic amines is 1. The molecule has 0 fully saturated rings. The average molecular weight is 408 g/mol. The molecular formula is C16H14F2N6O3S. The van der Waals surface area contributed by atoms with Crippen LogP contribution in [0.15, 0.2) is 48.7 Å². The molecular weight excluding hydrogens is 394 g/mol. The molecule has 28 heavy (non-hydrogen) atoms. The molecule has 1 aromatic carbocycles. The fourth-order valence-corrected chi connectivity index (χ4v) is 2.90. The zero-order valence-corrected chi connectivity index (χ0v) is 14.9. The summed E-state index contributed by atoms with van der Waals surface area (Å²) in [5.74, 6) is -3.63. The van der Waals surface area contributed by atoms with Gasteiger partial charge in [-0.15, -0.1) is 0 Å². The lowest BCUT2D eigenvalue weighted by atomic mass is 10.1. The monoisotopic (exact) mass is 408 g/mol. The van der Waals surface area contributed by atoms with Crippen molar-refractivity contribution < 1.29 is 22.0 Å². The van der Waals surface area contributed by atoms with Gasteiger partial charge in [0, 0.05) is 17.4 Å². The summed E-state index contributed by atoms with van der Waals surface area (Å²) in [6.45, 7) is 0. The summed E-state index contributed by atoms with van der Waals surface area (Å²) >= 11 is 0. The van der Waals surface area contributed by atoms with Crippen molar-refractivity contribution >= 4 is 33.3 Å². The van der Waals surface area contributed by atoms with Gasteiger partial charge in [-0.05, 0) is 24.3 Å². The quantitative estimate of drug-likeness (QED) is 0.472. The molecule has 146 valence electrons. The van der Waals surface area contributed by atoms with Crippen LogP contribution in [-0.2, 0) is 10.0 Å². The number of pyridine rings is 1. The molecule has 0 aliphatic rings. The third-order valence-corrected chi connectivity index (χ3v) is 4.57.